The van der Waals surface area contributed by atoms with E-state index in [0.717, 1.165) is 45.9 Å². The molecule has 1 amide bonds. The van der Waals surface area contributed by atoms with Gasteiger partial charge in [0, 0.05) is 42.5 Å². The number of hydrogen-bond acceptors (Lipinski definition) is 5. The van der Waals surface area contributed by atoms with Gasteiger partial charge in [-0.1, -0.05) is 24.3 Å². The van der Waals surface area contributed by atoms with E-state index in [1.807, 2.05) is 31.2 Å². The van der Waals surface area contributed by atoms with Gasteiger partial charge in [0.2, 0.25) is 0 Å². The zero-order chi connectivity index (χ0) is 20.0. The van der Waals surface area contributed by atoms with Crippen LogP contribution in [0.3, 0.4) is 0 Å². The number of anilines is 1. The Hall–Kier alpha value is -3.19. The van der Waals surface area contributed by atoms with Crippen molar-refractivity contribution in [1.82, 2.24) is 20.3 Å². The Morgan fingerprint density at radius 2 is 2.14 bits per heavy atom. The second kappa shape index (κ2) is 7.00. The maximum absolute atomic E-state index is 12.4. The van der Waals surface area contributed by atoms with Crippen molar-refractivity contribution in [2.45, 2.75) is 19.3 Å². The van der Waals surface area contributed by atoms with Crippen molar-refractivity contribution in [2.75, 3.05) is 31.1 Å². The molecule has 7 heteroatoms. The van der Waals surface area contributed by atoms with Gasteiger partial charge in [-0.05, 0) is 25.5 Å². The predicted molar refractivity (Wildman–Crippen MR) is 112 cm³/mol. The number of benzene rings is 1. The molecule has 3 N–H and O–H groups in total. The molecule has 2 aromatic heterocycles. The maximum atomic E-state index is 12.4. The van der Waals surface area contributed by atoms with Crippen LogP contribution in [-0.4, -0.2) is 52.2 Å². The van der Waals surface area contributed by atoms with Gasteiger partial charge in [-0.2, -0.15) is 0 Å². The number of aromatic amines is 1. The minimum atomic E-state index is -0.0354. The molecule has 0 saturated carbocycles. The van der Waals surface area contributed by atoms with Gasteiger partial charge in [0.25, 0.3) is 5.91 Å². The van der Waals surface area contributed by atoms with E-state index in [1.165, 1.54) is 0 Å². The molecule has 0 spiro atoms. The van der Waals surface area contributed by atoms with Gasteiger partial charge in [0.15, 0.2) is 5.82 Å². The number of rotatable bonds is 2. The first kappa shape index (κ1) is 17.9. The van der Waals surface area contributed by atoms with E-state index >= 15 is 0 Å². The lowest BCUT2D eigenvalue weighted by Gasteiger charge is -2.24. The van der Waals surface area contributed by atoms with Crippen LogP contribution in [0, 0.1) is 6.92 Å². The molecule has 1 atom stereocenters. The van der Waals surface area contributed by atoms with E-state index in [1.54, 1.807) is 0 Å². The van der Waals surface area contributed by atoms with Crippen LogP contribution in [0.2, 0.25) is 0 Å². The van der Waals surface area contributed by atoms with Gasteiger partial charge in [0.1, 0.15) is 5.52 Å². The van der Waals surface area contributed by atoms with Crippen molar-refractivity contribution in [3.63, 3.8) is 0 Å². The van der Waals surface area contributed by atoms with Crippen LogP contribution in [0.5, 0.6) is 0 Å². The molecular weight excluding hydrogens is 366 g/mol. The number of aliphatic hydroxyl groups excluding tert-OH is 1. The summed E-state index contributed by atoms with van der Waals surface area (Å²) in [5, 5.41) is 12.6. The number of aliphatic hydroxyl groups is 1. The molecule has 4 bridgehead atoms. The Morgan fingerprint density at radius 1 is 1.24 bits per heavy atom. The smallest absolute Gasteiger partial charge is 0.253 e. The number of allylic oxidation sites excluding steroid dienone is 1. The molecule has 0 saturated heterocycles. The highest BCUT2D eigenvalue weighted by molar-refractivity contribution is 6.00. The molecule has 2 aliphatic heterocycles. The van der Waals surface area contributed by atoms with Crippen molar-refractivity contribution < 1.29 is 9.90 Å². The Kier molecular flexibility index (Phi) is 4.32. The van der Waals surface area contributed by atoms with Crippen LogP contribution >= 0.6 is 0 Å². The first-order chi connectivity index (χ1) is 14.2. The molecule has 1 aromatic carbocycles. The molecule has 2 aliphatic rings. The van der Waals surface area contributed by atoms with Gasteiger partial charge < -0.3 is 20.3 Å². The molecule has 29 heavy (non-hydrogen) atoms. The highest BCUT2D eigenvalue weighted by atomic mass is 16.3. The molecule has 4 heterocycles. The third-order valence-corrected chi connectivity index (χ3v) is 5.73. The zero-order valence-electron chi connectivity index (χ0n) is 16.3. The Bertz CT molecular complexity index is 1130. The minimum absolute atomic E-state index is 0.0354. The number of H-pyrrole nitrogens is 1. The molecule has 5 rings (SSSR count). The summed E-state index contributed by atoms with van der Waals surface area (Å²) in [5.74, 6) is 0.943. The number of fused-ring (bicyclic) bond motifs is 3. The predicted octanol–water partition coefficient (Wildman–Crippen LogP) is 2.52. The van der Waals surface area contributed by atoms with E-state index in [-0.39, 0.29) is 18.4 Å². The lowest BCUT2D eigenvalue weighted by atomic mass is 9.94. The number of carbonyl (C=O) groups excluding carboxylic acids is 1. The van der Waals surface area contributed by atoms with Crippen LogP contribution in [0.1, 0.15) is 34.1 Å². The van der Waals surface area contributed by atoms with Crippen LogP contribution in [-0.2, 0) is 0 Å². The number of aromatic nitrogens is 3. The number of amides is 1. The molecule has 0 radical (unpaired) electrons. The van der Waals surface area contributed by atoms with E-state index in [0.29, 0.717) is 25.2 Å². The van der Waals surface area contributed by atoms with Crippen molar-refractivity contribution in [3.8, 4) is 11.3 Å². The summed E-state index contributed by atoms with van der Waals surface area (Å²) in [4.78, 5) is 27.7. The van der Waals surface area contributed by atoms with Gasteiger partial charge in [-0.3, -0.25) is 4.79 Å². The highest BCUT2D eigenvalue weighted by Gasteiger charge is 2.28. The van der Waals surface area contributed by atoms with E-state index < -0.39 is 0 Å². The first-order valence-corrected chi connectivity index (χ1v) is 9.95. The van der Waals surface area contributed by atoms with E-state index in [2.05, 4.69) is 27.4 Å². The van der Waals surface area contributed by atoms with Gasteiger partial charge in [-0.25, -0.2) is 9.97 Å². The normalized spacial score (nSPS) is 18.3. The van der Waals surface area contributed by atoms with Crippen molar-refractivity contribution in [3.05, 3.63) is 53.4 Å². The molecule has 1 unspecified atom stereocenters. The summed E-state index contributed by atoms with van der Waals surface area (Å²) in [6.45, 7) is 3.75. The van der Waals surface area contributed by atoms with Crippen LogP contribution < -0.4 is 10.2 Å². The molecular formula is C22H23N5O2. The molecule has 0 aliphatic carbocycles. The standard InChI is InChI=1S/C22H23N5O2/c1-13-21-26-20-15(6-4-7-17(20)24-13)18-11-16-19(25-18)14(12-23-22(16)29)5-2-3-8-27(21)9-10-28/h2-4,6-7,11,14,25,28H,5,8-10,12H2,1H3,(H,23,29). The van der Waals surface area contributed by atoms with Crippen molar-refractivity contribution >= 4 is 22.8 Å². The third kappa shape index (κ3) is 2.98. The number of carbonyl (C=O) groups is 1. The summed E-state index contributed by atoms with van der Waals surface area (Å²) >= 11 is 0. The molecule has 0 fully saturated rings. The Balaban J connectivity index is 1.77. The largest absolute Gasteiger partial charge is 0.395 e. The number of para-hydroxylation sites is 1. The van der Waals surface area contributed by atoms with E-state index in [4.69, 9.17) is 9.97 Å². The quantitative estimate of drug-likeness (QED) is 0.586. The molecule has 7 nitrogen and oxygen atoms in total. The monoisotopic (exact) mass is 389 g/mol. The van der Waals surface area contributed by atoms with Gasteiger partial charge in [0.05, 0.1) is 23.4 Å². The first-order valence-electron chi connectivity index (χ1n) is 9.95. The van der Waals surface area contributed by atoms with Gasteiger partial charge in [-0.15, -0.1) is 0 Å². The average molecular weight is 389 g/mol. The topological polar surface area (TPSA) is 94.1 Å². The maximum Gasteiger partial charge on any atom is 0.253 e. The summed E-state index contributed by atoms with van der Waals surface area (Å²) in [6.07, 6.45) is 5.07. The molecule has 3 aromatic rings. The summed E-state index contributed by atoms with van der Waals surface area (Å²) in [5.41, 5.74) is 5.93. The van der Waals surface area contributed by atoms with Crippen LogP contribution in [0.4, 0.5) is 5.82 Å². The second-order valence-electron chi connectivity index (χ2n) is 7.60. The fourth-order valence-corrected chi connectivity index (χ4v) is 4.28. The molecule has 148 valence electrons. The van der Waals surface area contributed by atoms with Crippen LogP contribution in [0.25, 0.3) is 22.3 Å². The SMILES string of the molecule is Cc1nc2cccc3c2nc1N(CCO)CC=CCC1CNC(=O)c2cc-3[nH]c21. The fraction of sp³-hybridized carbons (Fsp3) is 0.318. The number of nitrogens with one attached hydrogen (secondary N) is 2. The summed E-state index contributed by atoms with van der Waals surface area (Å²) < 4.78 is 0. The van der Waals surface area contributed by atoms with Gasteiger partial charge >= 0.3 is 0 Å². The Labute approximate surface area is 168 Å². The minimum Gasteiger partial charge on any atom is -0.395 e. The summed E-state index contributed by atoms with van der Waals surface area (Å²) in [6, 6.07) is 7.85. The third-order valence-electron chi connectivity index (χ3n) is 5.73. The number of nitrogens with zero attached hydrogens (tertiary/aromatic N) is 3. The number of β-amino-alcohol motifs (C(OH)–C–C–N with tert-alkyl or cyclic N) is 1. The average Bonchev–Trinajstić information content (AvgIpc) is 3.17. The Morgan fingerprint density at radius 3 is 3.00 bits per heavy atom. The summed E-state index contributed by atoms with van der Waals surface area (Å²) in [7, 11) is 0. The fourth-order valence-electron chi connectivity index (χ4n) is 4.28. The van der Waals surface area contributed by atoms with E-state index in [9.17, 15) is 9.90 Å². The zero-order valence-corrected chi connectivity index (χ0v) is 16.3. The van der Waals surface area contributed by atoms with Crippen LogP contribution in [0.15, 0.2) is 36.4 Å². The second-order valence-corrected chi connectivity index (χ2v) is 7.60. The number of aryl methyl sites for hydroxylation is 1. The lowest BCUT2D eigenvalue weighted by molar-refractivity contribution is 0.0940. The van der Waals surface area contributed by atoms with Crippen molar-refractivity contribution in [2.24, 2.45) is 0 Å². The highest BCUT2D eigenvalue weighted by Crippen LogP contribution is 2.34. The lowest BCUT2D eigenvalue weighted by Crippen LogP contribution is -2.34. The number of hydrogen-bond donors (Lipinski definition) is 3. The van der Waals surface area contributed by atoms with Crippen molar-refractivity contribution in [1.29, 1.82) is 0 Å².